The van der Waals surface area contributed by atoms with Crippen molar-refractivity contribution in [2.45, 2.75) is 78.5 Å². The Morgan fingerprint density at radius 2 is 1.86 bits per heavy atom. The quantitative estimate of drug-likeness (QED) is 0.530. The van der Waals surface area contributed by atoms with Gasteiger partial charge in [-0.15, -0.1) is 6.58 Å². The maximum Gasteiger partial charge on any atom is 0.411 e. The number of nitrogens with zero attached hydrogens (tertiary/aromatic N) is 1. The van der Waals surface area contributed by atoms with Gasteiger partial charge in [0, 0.05) is 23.4 Å². The number of amides is 2. The van der Waals surface area contributed by atoms with Crippen LogP contribution < -0.4 is 5.32 Å². The summed E-state index contributed by atoms with van der Waals surface area (Å²) in [6.45, 7) is 15.2. The van der Waals surface area contributed by atoms with Crippen molar-refractivity contribution < 1.29 is 23.9 Å². The summed E-state index contributed by atoms with van der Waals surface area (Å²) in [6, 6.07) is -0.800. The molecule has 3 atom stereocenters. The fourth-order valence-corrected chi connectivity index (χ4v) is 3.86. The van der Waals surface area contributed by atoms with E-state index in [0.29, 0.717) is 19.4 Å². The summed E-state index contributed by atoms with van der Waals surface area (Å²) in [7, 11) is 0. The number of piperidine rings is 1. The monoisotopic (exact) mass is 394 g/mol. The van der Waals surface area contributed by atoms with Crippen LogP contribution in [-0.2, 0) is 19.1 Å². The maximum atomic E-state index is 12.7. The Bertz CT molecular complexity index is 652. The predicted molar refractivity (Wildman–Crippen MR) is 106 cm³/mol. The highest BCUT2D eigenvalue weighted by molar-refractivity contribution is 5.84. The normalized spacial score (nSPS) is 26.3. The molecule has 0 aromatic heterocycles. The molecule has 28 heavy (non-hydrogen) atoms. The SMILES string of the molecule is C=CCC(C)(C)C(=O)NC[C@]12CC1N(C(=O)OC(C)(C)C)[C@H](C(=O)OCC)C2. The van der Waals surface area contributed by atoms with E-state index in [0.717, 1.165) is 6.42 Å². The molecule has 1 heterocycles. The number of likely N-dealkylation sites (tertiary alicyclic amines) is 1. The van der Waals surface area contributed by atoms with Crippen LogP contribution in [0.3, 0.4) is 0 Å². The molecule has 1 unspecified atom stereocenters. The Kier molecular flexibility index (Phi) is 6.16. The van der Waals surface area contributed by atoms with Gasteiger partial charge in [-0.3, -0.25) is 9.69 Å². The molecule has 2 rings (SSSR count). The summed E-state index contributed by atoms with van der Waals surface area (Å²) < 4.78 is 10.7. The number of esters is 1. The minimum absolute atomic E-state index is 0.0594. The second kappa shape index (κ2) is 7.76. The minimum atomic E-state index is -0.674. The molecule has 158 valence electrons. The van der Waals surface area contributed by atoms with Crippen molar-refractivity contribution in [2.24, 2.45) is 10.8 Å². The molecule has 7 nitrogen and oxygen atoms in total. The average Bonchev–Trinajstić information content (AvgIpc) is 3.15. The standard InChI is InChI=1S/C21H34N2O5/c1-8-10-20(6,7)17(25)22-13-21-11-14(16(24)27-9-2)23(15(21)12-21)18(26)28-19(3,4)5/h8,14-15H,1,9-13H2,2-7H3,(H,22,25)/t14-,15?,21-/m0/s1. The van der Waals surface area contributed by atoms with Gasteiger partial charge in [0.1, 0.15) is 11.6 Å². The molecule has 0 aromatic carbocycles. The van der Waals surface area contributed by atoms with E-state index in [1.807, 2.05) is 13.8 Å². The number of ether oxygens (including phenoxy) is 2. The van der Waals surface area contributed by atoms with Crippen LogP contribution in [0.2, 0.25) is 0 Å². The number of allylic oxidation sites excluding steroid dienone is 1. The fourth-order valence-electron chi connectivity index (χ4n) is 3.86. The molecule has 1 saturated carbocycles. The summed E-state index contributed by atoms with van der Waals surface area (Å²) in [5.74, 6) is -0.478. The number of hydrogen-bond donors (Lipinski definition) is 1. The van der Waals surface area contributed by atoms with Crippen molar-refractivity contribution in [2.75, 3.05) is 13.2 Å². The van der Waals surface area contributed by atoms with Gasteiger partial charge in [-0.1, -0.05) is 19.9 Å². The van der Waals surface area contributed by atoms with E-state index < -0.39 is 29.1 Å². The number of carbonyl (C=O) groups excluding carboxylic acids is 3. The summed E-state index contributed by atoms with van der Waals surface area (Å²) in [5, 5.41) is 3.01. The highest BCUT2D eigenvalue weighted by Gasteiger charge is 2.68. The van der Waals surface area contributed by atoms with E-state index in [9.17, 15) is 14.4 Å². The lowest BCUT2D eigenvalue weighted by atomic mass is 9.88. The zero-order valence-corrected chi connectivity index (χ0v) is 18.0. The molecule has 1 aliphatic heterocycles. The van der Waals surface area contributed by atoms with Crippen LogP contribution in [0.1, 0.15) is 60.8 Å². The molecule has 1 aliphatic carbocycles. The molecule has 2 fully saturated rings. The average molecular weight is 395 g/mol. The van der Waals surface area contributed by atoms with Crippen molar-refractivity contribution in [3.8, 4) is 0 Å². The van der Waals surface area contributed by atoms with Gasteiger partial charge >= 0.3 is 12.1 Å². The molecular formula is C21H34N2O5. The molecule has 2 aliphatic rings. The van der Waals surface area contributed by atoms with E-state index in [-0.39, 0.29) is 24.0 Å². The second-order valence-corrected chi connectivity index (χ2v) is 9.50. The topological polar surface area (TPSA) is 84.9 Å². The largest absolute Gasteiger partial charge is 0.464 e. The van der Waals surface area contributed by atoms with Gasteiger partial charge in [-0.25, -0.2) is 9.59 Å². The Labute approximate surface area is 167 Å². The highest BCUT2D eigenvalue weighted by atomic mass is 16.6. The lowest BCUT2D eigenvalue weighted by Gasteiger charge is -2.29. The molecular weight excluding hydrogens is 360 g/mol. The van der Waals surface area contributed by atoms with Crippen LogP contribution in [0.25, 0.3) is 0 Å². The number of nitrogens with one attached hydrogen (secondary N) is 1. The summed E-state index contributed by atoms with van der Waals surface area (Å²) >= 11 is 0. The lowest BCUT2D eigenvalue weighted by Crippen LogP contribution is -2.46. The number of carbonyl (C=O) groups is 3. The van der Waals surface area contributed by atoms with Crippen molar-refractivity contribution >= 4 is 18.0 Å². The Morgan fingerprint density at radius 3 is 2.39 bits per heavy atom. The van der Waals surface area contributed by atoms with E-state index in [2.05, 4.69) is 11.9 Å². The summed E-state index contributed by atoms with van der Waals surface area (Å²) in [6.07, 6.45) is 3.01. The molecule has 0 aromatic rings. The first-order chi connectivity index (χ1) is 12.9. The number of hydrogen-bond acceptors (Lipinski definition) is 5. The van der Waals surface area contributed by atoms with Gasteiger partial charge in [0.15, 0.2) is 0 Å². The Balaban J connectivity index is 2.11. The van der Waals surface area contributed by atoms with Gasteiger partial charge in [-0.05, 0) is 47.0 Å². The fraction of sp³-hybridized carbons (Fsp3) is 0.762. The van der Waals surface area contributed by atoms with Crippen molar-refractivity contribution in [3.05, 3.63) is 12.7 Å². The van der Waals surface area contributed by atoms with Crippen LogP contribution in [0.5, 0.6) is 0 Å². The zero-order valence-electron chi connectivity index (χ0n) is 18.0. The van der Waals surface area contributed by atoms with Crippen molar-refractivity contribution in [1.29, 1.82) is 0 Å². The zero-order chi connectivity index (χ0) is 21.3. The first-order valence-corrected chi connectivity index (χ1v) is 9.94. The molecule has 0 spiro atoms. The summed E-state index contributed by atoms with van der Waals surface area (Å²) in [5.41, 5.74) is -1.50. The molecule has 2 amide bonds. The van der Waals surface area contributed by atoms with Crippen molar-refractivity contribution in [3.63, 3.8) is 0 Å². The van der Waals surface area contributed by atoms with Crippen LogP contribution in [0, 0.1) is 10.8 Å². The summed E-state index contributed by atoms with van der Waals surface area (Å²) in [4.78, 5) is 39.2. The van der Waals surface area contributed by atoms with Gasteiger partial charge < -0.3 is 14.8 Å². The van der Waals surface area contributed by atoms with E-state index in [1.165, 1.54) is 4.90 Å². The van der Waals surface area contributed by atoms with Crippen LogP contribution in [-0.4, -0.2) is 53.7 Å². The van der Waals surface area contributed by atoms with Crippen LogP contribution in [0.15, 0.2) is 12.7 Å². The Hall–Kier alpha value is -2.05. The van der Waals surface area contributed by atoms with Gasteiger partial charge in [0.25, 0.3) is 0 Å². The third kappa shape index (κ3) is 4.67. The molecule has 1 N–H and O–H groups in total. The maximum absolute atomic E-state index is 12.7. The van der Waals surface area contributed by atoms with Gasteiger partial charge in [-0.2, -0.15) is 0 Å². The van der Waals surface area contributed by atoms with E-state index in [4.69, 9.17) is 9.47 Å². The van der Waals surface area contributed by atoms with E-state index >= 15 is 0 Å². The first-order valence-electron chi connectivity index (χ1n) is 9.94. The minimum Gasteiger partial charge on any atom is -0.464 e. The highest BCUT2D eigenvalue weighted by Crippen LogP contribution is 2.59. The predicted octanol–water partition coefficient (Wildman–Crippen LogP) is 3.04. The van der Waals surface area contributed by atoms with Crippen molar-refractivity contribution in [1.82, 2.24) is 10.2 Å². The first kappa shape index (κ1) is 22.2. The molecule has 7 heteroatoms. The van der Waals surface area contributed by atoms with E-state index in [1.54, 1.807) is 33.8 Å². The second-order valence-electron chi connectivity index (χ2n) is 9.50. The lowest BCUT2D eigenvalue weighted by molar-refractivity contribution is -0.149. The number of fused-ring (bicyclic) bond motifs is 1. The molecule has 0 bridgehead atoms. The van der Waals surface area contributed by atoms with Gasteiger partial charge in [0.05, 0.1) is 6.61 Å². The van der Waals surface area contributed by atoms with Crippen LogP contribution in [0.4, 0.5) is 4.79 Å². The Morgan fingerprint density at radius 1 is 1.21 bits per heavy atom. The number of rotatable bonds is 7. The van der Waals surface area contributed by atoms with Crippen LogP contribution >= 0.6 is 0 Å². The van der Waals surface area contributed by atoms with Gasteiger partial charge in [0.2, 0.25) is 5.91 Å². The smallest absolute Gasteiger partial charge is 0.411 e. The third-order valence-corrected chi connectivity index (χ3v) is 5.45. The third-order valence-electron chi connectivity index (χ3n) is 5.45. The molecule has 1 saturated heterocycles. The molecule has 0 radical (unpaired) electrons.